The SMILES string of the molecule is COC1CCCC(OCc2nc(Cl)c3cnn(C)c3n2)C1. The molecular formula is C14H19ClN4O2. The molecule has 0 saturated heterocycles. The van der Waals surface area contributed by atoms with Crippen molar-refractivity contribution in [3.8, 4) is 0 Å². The molecule has 0 bridgehead atoms. The van der Waals surface area contributed by atoms with Crippen molar-refractivity contribution in [2.24, 2.45) is 7.05 Å². The first-order valence-corrected chi connectivity index (χ1v) is 7.53. The molecule has 0 aliphatic heterocycles. The lowest BCUT2D eigenvalue weighted by molar-refractivity contribution is -0.0380. The van der Waals surface area contributed by atoms with Crippen LogP contribution < -0.4 is 0 Å². The minimum atomic E-state index is 0.202. The molecule has 1 aliphatic rings. The predicted molar refractivity (Wildman–Crippen MR) is 79.2 cm³/mol. The maximum absolute atomic E-state index is 6.16. The van der Waals surface area contributed by atoms with Gasteiger partial charge in [0.25, 0.3) is 0 Å². The molecule has 0 aromatic carbocycles. The van der Waals surface area contributed by atoms with Crippen molar-refractivity contribution in [2.45, 2.75) is 44.5 Å². The molecule has 2 atom stereocenters. The fourth-order valence-corrected chi connectivity index (χ4v) is 2.99. The number of hydrogen-bond donors (Lipinski definition) is 0. The van der Waals surface area contributed by atoms with E-state index >= 15 is 0 Å². The highest BCUT2D eigenvalue weighted by Gasteiger charge is 2.22. The van der Waals surface area contributed by atoms with Crippen molar-refractivity contribution in [3.05, 3.63) is 17.2 Å². The lowest BCUT2D eigenvalue weighted by Crippen LogP contribution is -2.27. The Kier molecular flexibility index (Phi) is 4.37. The van der Waals surface area contributed by atoms with E-state index in [1.54, 1.807) is 18.0 Å². The molecule has 0 amide bonds. The lowest BCUT2D eigenvalue weighted by Gasteiger charge is -2.27. The molecule has 0 N–H and O–H groups in total. The molecule has 2 aromatic heterocycles. The smallest absolute Gasteiger partial charge is 0.162 e. The fraction of sp³-hybridized carbons (Fsp3) is 0.643. The second kappa shape index (κ2) is 6.25. The Morgan fingerprint density at radius 2 is 2.14 bits per heavy atom. The zero-order valence-corrected chi connectivity index (χ0v) is 13.0. The third kappa shape index (κ3) is 3.17. The maximum atomic E-state index is 6.16. The normalized spacial score (nSPS) is 22.8. The van der Waals surface area contributed by atoms with E-state index in [1.165, 1.54) is 0 Å². The Labute approximate surface area is 128 Å². The number of methoxy groups -OCH3 is 1. The molecule has 2 aromatic rings. The Hall–Kier alpha value is -1.24. The van der Waals surface area contributed by atoms with Gasteiger partial charge in [-0.2, -0.15) is 5.10 Å². The number of nitrogens with zero attached hydrogens (tertiary/aromatic N) is 4. The van der Waals surface area contributed by atoms with Crippen molar-refractivity contribution in [1.29, 1.82) is 0 Å². The first-order chi connectivity index (χ1) is 10.2. The van der Waals surface area contributed by atoms with E-state index in [0.717, 1.165) is 36.7 Å². The van der Waals surface area contributed by atoms with E-state index in [-0.39, 0.29) is 6.10 Å². The van der Waals surface area contributed by atoms with E-state index in [1.807, 2.05) is 7.05 Å². The summed E-state index contributed by atoms with van der Waals surface area (Å²) in [4.78, 5) is 8.75. The molecule has 114 valence electrons. The molecule has 21 heavy (non-hydrogen) atoms. The number of aryl methyl sites for hydroxylation is 1. The quantitative estimate of drug-likeness (QED) is 0.812. The third-order valence-corrected chi connectivity index (χ3v) is 4.24. The Morgan fingerprint density at radius 3 is 2.95 bits per heavy atom. The number of rotatable bonds is 4. The second-order valence-electron chi connectivity index (χ2n) is 5.39. The van der Waals surface area contributed by atoms with Gasteiger partial charge >= 0.3 is 0 Å². The van der Waals surface area contributed by atoms with Gasteiger partial charge in [-0.3, -0.25) is 4.68 Å². The van der Waals surface area contributed by atoms with Crippen LogP contribution in [-0.4, -0.2) is 39.1 Å². The Morgan fingerprint density at radius 1 is 1.33 bits per heavy atom. The summed E-state index contributed by atoms with van der Waals surface area (Å²) < 4.78 is 13.0. The first-order valence-electron chi connectivity index (χ1n) is 7.16. The van der Waals surface area contributed by atoms with Gasteiger partial charge in [0.05, 0.1) is 23.8 Å². The molecule has 1 saturated carbocycles. The average molecular weight is 311 g/mol. The molecule has 3 rings (SSSR count). The average Bonchev–Trinajstić information content (AvgIpc) is 2.87. The van der Waals surface area contributed by atoms with Gasteiger partial charge in [0.15, 0.2) is 11.5 Å². The number of hydrogen-bond acceptors (Lipinski definition) is 5. The van der Waals surface area contributed by atoms with Crippen LogP contribution >= 0.6 is 11.6 Å². The van der Waals surface area contributed by atoms with Crippen molar-refractivity contribution in [2.75, 3.05) is 7.11 Å². The van der Waals surface area contributed by atoms with Gasteiger partial charge in [-0.05, 0) is 25.7 Å². The van der Waals surface area contributed by atoms with Gasteiger partial charge in [-0.25, -0.2) is 9.97 Å². The van der Waals surface area contributed by atoms with Gasteiger partial charge < -0.3 is 9.47 Å². The summed E-state index contributed by atoms with van der Waals surface area (Å²) >= 11 is 6.16. The third-order valence-electron chi connectivity index (χ3n) is 3.95. The van der Waals surface area contributed by atoms with Crippen molar-refractivity contribution in [3.63, 3.8) is 0 Å². The zero-order valence-electron chi connectivity index (χ0n) is 12.3. The monoisotopic (exact) mass is 310 g/mol. The van der Waals surface area contributed by atoms with Gasteiger partial charge in [-0.1, -0.05) is 11.6 Å². The highest BCUT2D eigenvalue weighted by Crippen LogP contribution is 2.24. The van der Waals surface area contributed by atoms with Crippen LogP contribution in [0.15, 0.2) is 6.20 Å². The van der Waals surface area contributed by atoms with E-state index in [2.05, 4.69) is 15.1 Å². The molecule has 2 heterocycles. The summed E-state index contributed by atoms with van der Waals surface area (Å²) in [5.74, 6) is 0.593. The van der Waals surface area contributed by atoms with E-state index < -0.39 is 0 Å². The summed E-state index contributed by atoms with van der Waals surface area (Å²) in [7, 11) is 3.59. The van der Waals surface area contributed by atoms with Crippen molar-refractivity contribution in [1.82, 2.24) is 19.7 Å². The van der Waals surface area contributed by atoms with Gasteiger partial charge in [0.2, 0.25) is 0 Å². The minimum absolute atomic E-state index is 0.202. The standard InChI is InChI=1S/C14H19ClN4O2/c1-19-14-11(7-16-19)13(15)17-12(18-14)8-21-10-5-3-4-9(6-10)20-2/h7,9-10H,3-6,8H2,1-2H3. The van der Waals surface area contributed by atoms with E-state index in [0.29, 0.717) is 23.7 Å². The van der Waals surface area contributed by atoms with Crippen LogP contribution in [0.25, 0.3) is 11.0 Å². The number of ether oxygens (including phenoxy) is 2. The highest BCUT2D eigenvalue weighted by molar-refractivity contribution is 6.33. The summed E-state index contributed by atoms with van der Waals surface area (Å²) in [5, 5.41) is 5.33. The van der Waals surface area contributed by atoms with Crippen LogP contribution in [0.4, 0.5) is 0 Å². The molecule has 1 fully saturated rings. The highest BCUT2D eigenvalue weighted by atomic mass is 35.5. The number of aromatic nitrogens is 4. The van der Waals surface area contributed by atoms with Gasteiger partial charge in [0, 0.05) is 14.2 Å². The summed E-state index contributed by atoms with van der Waals surface area (Å²) in [6, 6.07) is 0. The number of halogens is 1. The summed E-state index contributed by atoms with van der Waals surface area (Å²) in [5.41, 5.74) is 0.729. The van der Waals surface area contributed by atoms with Crippen LogP contribution in [0.1, 0.15) is 31.5 Å². The number of fused-ring (bicyclic) bond motifs is 1. The molecule has 0 spiro atoms. The van der Waals surface area contributed by atoms with Crippen LogP contribution in [0.2, 0.25) is 5.15 Å². The van der Waals surface area contributed by atoms with Gasteiger partial charge in [-0.15, -0.1) is 0 Å². The van der Waals surface area contributed by atoms with Crippen LogP contribution in [0.5, 0.6) is 0 Å². The van der Waals surface area contributed by atoms with Crippen molar-refractivity contribution < 1.29 is 9.47 Å². The van der Waals surface area contributed by atoms with E-state index in [9.17, 15) is 0 Å². The van der Waals surface area contributed by atoms with Crippen LogP contribution in [0.3, 0.4) is 0 Å². The predicted octanol–water partition coefficient (Wildman–Crippen LogP) is 2.49. The molecule has 2 unspecified atom stereocenters. The minimum Gasteiger partial charge on any atom is -0.381 e. The molecule has 0 radical (unpaired) electrons. The second-order valence-corrected chi connectivity index (χ2v) is 5.75. The topological polar surface area (TPSA) is 62.1 Å². The van der Waals surface area contributed by atoms with Gasteiger partial charge in [0.1, 0.15) is 11.8 Å². The fourth-order valence-electron chi connectivity index (χ4n) is 2.75. The lowest BCUT2D eigenvalue weighted by atomic mass is 9.95. The summed E-state index contributed by atoms with van der Waals surface area (Å²) in [6.45, 7) is 0.363. The summed E-state index contributed by atoms with van der Waals surface area (Å²) in [6.07, 6.45) is 6.40. The maximum Gasteiger partial charge on any atom is 0.162 e. The molecule has 7 heteroatoms. The molecule has 6 nitrogen and oxygen atoms in total. The van der Waals surface area contributed by atoms with Crippen molar-refractivity contribution >= 4 is 22.6 Å². The molecular weight excluding hydrogens is 292 g/mol. The first kappa shape index (κ1) is 14.7. The van der Waals surface area contributed by atoms with Crippen LogP contribution in [-0.2, 0) is 23.1 Å². The molecule has 1 aliphatic carbocycles. The Balaban J connectivity index is 1.69. The Bertz CT molecular complexity index is 631. The van der Waals surface area contributed by atoms with Crippen LogP contribution in [0, 0.1) is 0 Å². The van der Waals surface area contributed by atoms with E-state index in [4.69, 9.17) is 21.1 Å². The zero-order chi connectivity index (χ0) is 14.8. The largest absolute Gasteiger partial charge is 0.381 e.